The van der Waals surface area contributed by atoms with Crippen LogP contribution in [0.25, 0.3) is 11.3 Å². The van der Waals surface area contributed by atoms with Crippen LogP contribution in [0.4, 0.5) is 5.95 Å². The molecule has 23 heavy (non-hydrogen) atoms. The standard InChI is InChI=1S/C17H22N4O2/c1-10-9-21(6-5-14(10)22)17-18-8-13(15-7-11(2)20-23-15)16(19-17)12-3-4-12/h7-8,10,12,14,22H,3-6,9H2,1-2H3/t10-,14-/m0/s1. The highest BCUT2D eigenvalue weighted by atomic mass is 16.5. The number of aliphatic hydroxyl groups is 1. The van der Waals surface area contributed by atoms with E-state index in [2.05, 4.69) is 22.0 Å². The van der Waals surface area contributed by atoms with Crippen LogP contribution in [0.1, 0.15) is 43.5 Å². The Bertz CT molecular complexity index is 710. The van der Waals surface area contributed by atoms with Gasteiger partial charge in [-0.3, -0.25) is 0 Å². The molecule has 4 rings (SSSR count). The van der Waals surface area contributed by atoms with Gasteiger partial charge in [0.15, 0.2) is 5.76 Å². The van der Waals surface area contributed by atoms with Crippen LogP contribution in [0.15, 0.2) is 16.8 Å². The second-order valence-electron chi connectivity index (χ2n) is 6.86. The summed E-state index contributed by atoms with van der Waals surface area (Å²) in [5, 5.41) is 13.9. The molecule has 2 atom stereocenters. The summed E-state index contributed by atoms with van der Waals surface area (Å²) in [7, 11) is 0. The number of aryl methyl sites for hydroxylation is 1. The number of anilines is 1. The van der Waals surface area contributed by atoms with E-state index in [9.17, 15) is 5.11 Å². The van der Waals surface area contributed by atoms with E-state index in [-0.39, 0.29) is 12.0 Å². The first-order chi connectivity index (χ1) is 11.1. The maximum atomic E-state index is 9.90. The van der Waals surface area contributed by atoms with E-state index in [0.717, 1.165) is 48.2 Å². The highest BCUT2D eigenvalue weighted by Gasteiger charge is 2.32. The van der Waals surface area contributed by atoms with Crippen LogP contribution in [0, 0.1) is 12.8 Å². The Labute approximate surface area is 135 Å². The lowest BCUT2D eigenvalue weighted by molar-refractivity contribution is 0.0966. The first-order valence-corrected chi connectivity index (χ1v) is 8.35. The Kier molecular flexibility index (Phi) is 3.56. The first-order valence-electron chi connectivity index (χ1n) is 8.35. The number of nitrogens with zero attached hydrogens (tertiary/aromatic N) is 4. The third-order valence-electron chi connectivity index (χ3n) is 4.81. The minimum atomic E-state index is -0.217. The third-order valence-corrected chi connectivity index (χ3v) is 4.81. The van der Waals surface area contributed by atoms with Gasteiger partial charge in [-0.2, -0.15) is 0 Å². The fraction of sp³-hybridized carbons (Fsp3) is 0.588. The molecular formula is C17H22N4O2. The van der Waals surface area contributed by atoms with E-state index in [4.69, 9.17) is 9.51 Å². The molecule has 0 unspecified atom stereocenters. The van der Waals surface area contributed by atoms with Gasteiger partial charge < -0.3 is 14.5 Å². The molecule has 1 saturated heterocycles. The minimum Gasteiger partial charge on any atom is -0.393 e. The number of aromatic nitrogens is 3. The molecule has 1 N–H and O–H groups in total. The van der Waals surface area contributed by atoms with Crippen molar-refractivity contribution in [2.24, 2.45) is 5.92 Å². The third kappa shape index (κ3) is 2.83. The molecule has 0 spiro atoms. The van der Waals surface area contributed by atoms with Crippen LogP contribution in [0.2, 0.25) is 0 Å². The molecule has 0 amide bonds. The molecule has 2 aromatic heterocycles. The largest absolute Gasteiger partial charge is 0.393 e. The molecule has 1 saturated carbocycles. The molecular weight excluding hydrogens is 292 g/mol. The second-order valence-corrected chi connectivity index (χ2v) is 6.86. The van der Waals surface area contributed by atoms with Gasteiger partial charge in [-0.15, -0.1) is 0 Å². The van der Waals surface area contributed by atoms with Crippen molar-refractivity contribution >= 4 is 5.95 Å². The van der Waals surface area contributed by atoms with Crippen molar-refractivity contribution in [1.82, 2.24) is 15.1 Å². The molecule has 0 bridgehead atoms. The van der Waals surface area contributed by atoms with E-state index in [1.807, 2.05) is 19.2 Å². The summed E-state index contributed by atoms with van der Waals surface area (Å²) >= 11 is 0. The topological polar surface area (TPSA) is 75.3 Å². The van der Waals surface area contributed by atoms with Gasteiger partial charge in [0.05, 0.1) is 23.1 Å². The smallest absolute Gasteiger partial charge is 0.225 e. The van der Waals surface area contributed by atoms with Gasteiger partial charge in [0.1, 0.15) is 0 Å². The first kappa shape index (κ1) is 14.6. The lowest BCUT2D eigenvalue weighted by Gasteiger charge is -2.34. The molecule has 6 heteroatoms. The van der Waals surface area contributed by atoms with Crippen LogP contribution in [0.5, 0.6) is 0 Å². The lowest BCUT2D eigenvalue weighted by Crippen LogP contribution is -2.42. The van der Waals surface area contributed by atoms with E-state index in [0.29, 0.717) is 5.92 Å². The monoisotopic (exact) mass is 314 g/mol. The van der Waals surface area contributed by atoms with Crippen molar-refractivity contribution in [3.63, 3.8) is 0 Å². The summed E-state index contributed by atoms with van der Waals surface area (Å²) in [6.45, 7) is 5.59. The van der Waals surface area contributed by atoms with Gasteiger partial charge in [-0.25, -0.2) is 9.97 Å². The zero-order chi connectivity index (χ0) is 16.0. The highest BCUT2D eigenvalue weighted by molar-refractivity contribution is 5.62. The van der Waals surface area contributed by atoms with Crippen LogP contribution in [-0.2, 0) is 0 Å². The Morgan fingerprint density at radius 1 is 1.30 bits per heavy atom. The minimum absolute atomic E-state index is 0.217. The van der Waals surface area contributed by atoms with Gasteiger partial charge in [0.25, 0.3) is 0 Å². The van der Waals surface area contributed by atoms with Crippen LogP contribution < -0.4 is 4.90 Å². The van der Waals surface area contributed by atoms with E-state index in [1.165, 1.54) is 12.8 Å². The predicted molar refractivity (Wildman–Crippen MR) is 86.2 cm³/mol. The Morgan fingerprint density at radius 3 is 2.78 bits per heavy atom. The summed E-state index contributed by atoms with van der Waals surface area (Å²) in [4.78, 5) is 11.6. The second kappa shape index (κ2) is 5.60. The quantitative estimate of drug-likeness (QED) is 0.938. The molecule has 2 aromatic rings. The summed E-state index contributed by atoms with van der Waals surface area (Å²) in [6.07, 6.45) is 4.76. The average Bonchev–Trinajstić information content (AvgIpc) is 3.31. The van der Waals surface area contributed by atoms with Crippen molar-refractivity contribution in [3.8, 4) is 11.3 Å². The summed E-state index contributed by atoms with van der Waals surface area (Å²) in [6, 6.07) is 1.93. The zero-order valence-electron chi connectivity index (χ0n) is 13.6. The Hall–Kier alpha value is -1.95. The normalized spacial score (nSPS) is 24.9. The SMILES string of the molecule is Cc1cc(-c2cnc(N3CC[C@H](O)[C@@H](C)C3)nc2C2CC2)on1. The molecule has 122 valence electrons. The molecule has 0 aromatic carbocycles. The number of hydrogen-bond acceptors (Lipinski definition) is 6. The summed E-state index contributed by atoms with van der Waals surface area (Å²) in [5.41, 5.74) is 2.90. The van der Waals surface area contributed by atoms with Crippen molar-refractivity contribution < 1.29 is 9.63 Å². The number of aliphatic hydroxyl groups excluding tert-OH is 1. The fourth-order valence-electron chi connectivity index (χ4n) is 3.20. The van der Waals surface area contributed by atoms with E-state index < -0.39 is 0 Å². The highest BCUT2D eigenvalue weighted by Crippen LogP contribution is 2.43. The lowest BCUT2D eigenvalue weighted by atomic mass is 9.97. The Balaban J connectivity index is 1.66. The maximum absolute atomic E-state index is 9.90. The van der Waals surface area contributed by atoms with Crippen LogP contribution in [0.3, 0.4) is 0 Å². The molecule has 6 nitrogen and oxygen atoms in total. The van der Waals surface area contributed by atoms with Gasteiger partial charge >= 0.3 is 0 Å². The summed E-state index contributed by atoms with van der Waals surface area (Å²) < 4.78 is 5.41. The van der Waals surface area contributed by atoms with Crippen molar-refractivity contribution in [2.75, 3.05) is 18.0 Å². The van der Waals surface area contributed by atoms with Crippen molar-refractivity contribution in [1.29, 1.82) is 0 Å². The van der Waals surface area contributed by atoms with Crippen molar-refractivity contribution in [2.45, 2.75) is 45.1 Å². The van der Waals surface area contributed by atoms with Crippen LogP contribution >= 0.6 is 0 Å². The molecule has 2 fully saturated rings. The van der Waals surface area contributed by atoms with Crippen LogP contribution in [-0.4, -0.2) is 39.4 Å². The van der Waals surface area contributed by atoms with Gasteiger partial charge in [-0.1, -0.05) is 12.1 Å². The molecule has 1 aliphatic carbocycles. The predicted octanol–water partition coefficient (Wildman–Crippen LogP) is 2.52. The Morgan fingerprint density at radius 2 is 2.13 bits per heavy atom. The molecule has 0 radical (unpaired) electrons. The molecule has 2 aliphatic rings. The average molecular weight is 314 g/mol. The molecule has 1 aliphatic heterocycles. The van der Waals surface area contributed by atoms with E-state index in [1.54, 1.807) is 0 Å². The van der Waals surface area contributed by atoms with E-state index >= 15 is 0 Å². The maximum Gasteiger partial charge on any atom is 0.225 e. The number of piperidine rings is 1. The summed E-state index contributed by atoms with van der Waals surface area (Å²) in [5.74, 6) is 2.27. The van der Waals surface area contributed by atoms with Crippen molar-refractivity contribution in [3.05, 3.63) is 23.7 Å². The zero-order valence-corrected chi connectivity index (χ0v) is 13.6. The van der Waals surface area contributed by atoms with Gasteiger partial charge in [-0.05, 0) is 32.1 Å². The fourth-order valence-corrected chi connectivity index (χ4v) is 3.20. The molecule has 3 heterocycles. The number of hydrogen-bond donors (Lipinski definition) is 1. The number of rotatable bonds is 3. The van der Waals surface area contributed by atoms with Gasteiger partial charge in [0, 0.05) is 31.3 Å². The van der Waals surface area contributed by atoms with Gasteiger partial charge in [0.2, 0.25) is 5.95 Å².